The Balaban J connectivity index is 1.82. The Morgan fingerprint density at radius 1 is 1.07 bits per heavy atom. The van der Waals surface area contributed by atoms with Gasteiger partial charge in [-0.05, 0) is 42.5 Å². The predicted octanol–water partition coefficient (Wildman–Crippen LogP) is 4.04. The monoisotopic (exact) mass is 459 g/mol. The largest absolute Gasteiger partial charge is 0.496 e. The first-order valence-corrected chi connectivity index (χ1v) is 9.32. The number of rotatable bonds is 7. The summed E-state index contributed by atoms with van der Waals surface area (Å²) in [6.07, 6.45) is 1.61. The lowest BCUT2D eigenvalue weighted by Crippen LogP contribution is -2.15. The number of hydrazone groups is 1. The molecule has 3 aromatic rings. The number of nitrogens with one attached hydrogen (secondary N) is 2. The van der Waals surface area contributed by atoms with Crippen molar-refractivity contribution in [2.45, 2.75) is 0 Å². The Hall–Kier alpha value is -3.27. The van der Waals surface area contributed by atoms with Crippen LogP contribution in [0.5, 0.6) is 5.75 Å². The van der Waals surface area contributed by atoms with E-state index in [1.165, 1.54) is 12.1 Å². The number of hydrogen-bond acceptors (Lipinski definition) is 8. The molecule has 0 unspecified atom stereocenters. The first-order chi connectivity index (χ1) is 13.9. The molecule has 2 aromatic carbocycles. The van der Waals surface area contributed by atoms with Gasteiger partial charge in [0, 0.05) is 29.8 Å². The van der Waals surface area contributed by atoms with Gasteiger partial charge in [-0.15, -0.1) is 0 Å². The van der Waals surface area contributed by atoms with E-state index in [1.54, 1.807) is 30.4 Å². The molecule has 1 heterocycles. The highest BCUT2D eigenvalue weighted by Gasteiger charge is 2.09. The van der Waals surface area contributed by atoms with Crippen molar-refractivity contribution in [3.8, 4) is 5.75 Å². The zero-order valence-corrected chi connectivity index (χ0v) is 17.6. The third-order valence-electron chi connectivity index (χ3n) is 3.68. The smallest absolute Gasteiger partial charge is 0.250 e. The Kier molecular flexibility index (Phi) is 6.55. The number of nitrogens with zero attached hydrogens (tertiary/aromatic N) is 5. The third kappa shape index (κ3) is 5.61. The summed E-state index contributed by atoms with van der Waals surface area (Å²) < 4.78 is 19.3. The van der Waals surface area contributed by atoms with E-state index in [-0.39, 0.29) is 11.8 Å². The number of methoxy groups -OCH3 is 1. The highest BCUT2D eigenvalue weighted by Crippen LogP contribution is 2.21. The molecule has 0 radical (unpaired) electrons. The van der Waals surface area contributed by atoms with Gasteiger partial charge in [-0.3, -0.25) is 0 Å². The lowest BCUT2D eigenvalue weighted by molar-refractivity contribution is 0.414. The maximum atomic E-state index is 13.1. The summed E-state index contributed by atoms with van der Waals surface area (Å²) in [4.78, 5) is 14.7. The minimum atomic E-state index is -0.320. The predicted molar refractivity (Wildman–Crippen MR) is 116 cm³/mol. The number of anilines is 4. The van der Waals surface area contributed by atoms with E-state index in [0.717, 1.165) is 10.0 Å². The molecule has 0 saturated carbocycles. The average Bonchev–Trinajstić information content (AvgIpc) is 2.70. The minimum absolute atomic E-state index is 0.249. The molecule has 2 N–H and O–H groups in total. The molecule has 0 spiro atoms. The second kappa shape index (κ2) is 9.28. The highest BCUT2D eigenvalue weighted by atomic mass is 79.9. The Morgan fingerprint density at radius 3 is 2.48 bits per heavy atom. The molecule has 150 valence electrons. The van der Waals surface area contributed by atoms with Crippen LogP contribution >= 0.6 is 15.9 Å². The Morgan fingerprint density at radius 2 is 1.79 bits per heavy atom. The van der Waals surface area contributed by atoms with Gasteiger partial charge in [0.1, 0.15) is 11.6 Å². The fraction of sp³-hybridized carbons (Fsp3) is 0.158. The molecule has 0 aliphatic heterocycles. The van der Waals surface area contributed by atoms with Crippen molar-refractivity contribution in [3.05, 3.63) is 58.3 Å². The molecule has 0 bridgehead atoms. The van der Waals surface area contributed by atoms with Crippen molar-refractivity contribution in [1.29, 1.82) is 0 Å². The van der Waals surface area contributed by atoms with E-state index in [4.69, 9.17) is 4.74 Å². The number of hydrogen-bond donors (Lipinski definition) is 2. The van der Waals surface area contributed by atoms with E-state index in [0.29, 0.717) is 23.3 Å². The second-order valence-corrected chi connectivity index (χ2v) is 6.98. The third-order valence-corrected chi connectivity index (χ3v) is 4.18. The van der Waals surface area contributed by atoms with Gasteiger partial charge < -0.3 is 15.0 Å². The summed E-state index contributed by atoms with van der Waals surface area (Å²) in [6.45, 7) is 0. The summed E-state index contributed by atoms with van der Waals surface area (Å²) in [6, 6.07) is 11.5. The normalized spacial score (nSPS) is 10.8. The van der Waals surface area contributed by atoms with Crippen LogP contribution in [0.4, 0.5) is 27.9 Å². The molecule has 8 nitrogen and oxygen atoms in total. The van der Waals surface area contributed by atoms with E-state index in [9.17, 15) is 4.39 Å². The quantitative estimate of drug-likeness (QED) is 0.407. The van der Waals surface area contributed by atoms with Crippen LogP contribution in [-0.4, -0.2) is 42.4 Å². The number of halogens is 2. The highest BCUT2D eigenvalue weighted by molar-refractivity contribution is 9.10. The Bertz CT molecular complexity index is 1010. The van der Waals surface area contributed by atoms with E-state index in [1.807, 2.05) is 32.3 Å². The van der Waals surface area contributed by atoms with Crippen LogP contribution in [0, 0.1) is 5.82 Å². The summed E-state index contributed by atoms with van der Waals surface area (Å²) in [5, 5.41) is 7.22. The van der Waals surface area contributed by atoms with E-state index < -0.39 is 0 Å². The molecule has 0 atom stereocenters. The molecule has 3 rings (SSSR count). The summed E-state index contributed by atoms with van der Waals surface area (Å²) in [5.41, 5.74) is 4.23. The van der Waals surface area contributed by atoms with Crippen molar-refractivity contribution < 1.29 is 9.13 Å². The number of benzene rings is 2. The Labute approximate surface area is 176 Å². The molecular weight excluding hydrogens is 441 g/mol. The zero-order chi connectivity index (χ0) is 20.8. The lowest BCUT2D eigenvalue weighted by atomic mass is 10.2. The molecule has 29 heavy (non-hydrogen) atoms. The molecule has 0 saturated heterocycles. The van der Waals surface area contributed by atoms with E-state index in [2.05, 4.69) is 46.7 Å². The molecule has 10 heteroatoms. The van der Waals surface area contributed by atoms with Crippen LogP contribution in [0.1, 0.15) is 5.56 Å². The van der Waals surface area contributed by atoms with Crippen molar-refractivity contribution in [1.82, 2.24) is 15.0 Å². The topological polar surface area (TPSA) is 87.6 Å². The van der Waals surface area contributed by atoms with E-state index >= 15 is 0 Å². The zero-order valence-electron chi connectivity index (χ0n) is 16.0. The van der Waals surface area contributed by atoms with Gasteiger partial charge in [-0.2, -0.15) is 20.1 Å². The molecule has 0 aliphatic rings. The van der Waals surface area contributed by atoms with Crippen LogP contribution in [-0.2, 0) is 0 Å². The van der Waals surface area contributed by atoms with Gasteiger partial charge in [0.2, 0.25) is 17.8 Å². The fourth-order valence-corrected chi connectivity index (χ4v) is 2.68. The van der Waals surface area contributed by atoms with Crippen LogP contribution < -0.4 is 20.4 Å². The molecule has 0 amide bonds. The molecule has 1 aromatic heterocycles. The number of ether oxygens (including phenoxy) is 1. The van der Waals surface area contributed by atoms with Crippen molar-refractivity contribution in [3.63, 3.8) is 0 Å². The summed E-state index contributed by atoms with van der Waals surface area (Å²) >= 11 is 3.43. The maximum Gasteiger partial charge on any atom is 0.250 e. The van der Waals surface area contributed by atoms with Gasteiger partial charge in [0.05, 0.1) is 13.3 Å². The van der Waals surface area contributed by atoms with Crippen molar-refractivity contribution >= 4 is 45.7 Å². The van der Waals surface area contributed by atoms with Gasteiger partial charge in [0.15, 0.2) is 0 Å². The minimum Gasteiger partial charge on any atom is -0.496 e. The van der Waals surface area contributed by atoms with Gasteiger partial charge >= 0.3 is 0 Å². The molecule has 0 fully saturated rings. The van der Waals surface area contributed by atoms with Gasteiger partial charge in [0.25, 0.3) is 0 Å². The summed E-state index contributed by atoms with van der Waals surface area (Å²) in [7, 11) is 5.23. The van der Waals surface area contributed by atoms with Crippen LogP contribution in [0.25, 0.3) is 0 Å². The van der Waals surface area contributed by atoms with Crippen molar-refractivity contribution in [2.24, 2.45) is 5.10 Å². The summed E-state index contributed by atoms with van der Waals surface area (Å²) in [5.74, 6) is 1.34. The van der Waals surface area contributed by atoms with Crippen molar-refractivity contribution in [2.75, 3.05) is 36.8 Å². The van der Waals surface area contributed by atoms with Gasteiger partial charge in [-0.25, -0.2) is 9.82 Å². The lowest BCUT2D eigenvalue weighted by Gasteiger charge is -2.13. The van der Waals surface area contributed by atoms with Crippen LogP contribution in [0.2, 0.25) is 0 Å². The SMILES string of the molecule is COc1ccc(Br)cc1/C=N\Nc1nc(Nc2ccc(F)cc2)nc(N(C)C)n1. The standard InChI is InChI=1S/C19H19BrFN7O/c1-28(2)19-25-17(23-15-7-5-14(21)6-8-15)24-18(26-19)27-22-11-12-10-13(20)4-9-16(12)29-3/h4-11H,1-3H3,(H2,23,24,25,26,27)/b22-11-. The second-order valence-electron chi connectivity index (χ2n) is 6.07. The molecule has 0 aliphatic carbocycles. The van der Waals surface area contributed by atoms with Crippen LogP contribution in [0.15, 0.2) is 52.0 Å². The molecular formula is C19H19BrFN7O. The first-order valence-electron chi connectivity index (χ1n) is 8.53. The fourth-order valence-electron chi connectivity index (χ4n) is 2.30. The average molecular weight is 460 g/mol. The van der Waals surface area contributed by atoms with Gasteiger partial charge in [-0.1, -0.05) is 15.9 Å². The number of aromatic nitrogens is 3. The van der Waals surface area contributed by atoms with Crippen LogP contribution in [0.3, 0.4) is 0 Å². The maximum absolute atomic E-state index is 13.1. The first kappa shape index (κ1) is 20.5.